The van der Waals surface area contributed by atoms with Crippen LogP contribution in [0.4, 0.5) is 0 Å². The largest absolute Gasteiger partial charge is 0.388 e. The molecule has 3 rings (SSSR count). The van der Waals surface area contributed by atoms with Crippen LogP contribution >= 0.6 is 11.8 Å². The molecular weight excluding hydrogens is 276 g/mol. The molecule has 2 aromatic rings. The number of nitrogens with one attached hydrogen (secondary N) is 2. The molecule has 20 heavy (non-hydrogen) atoms. The van der Waals surface area contributed by atoms with E-state index in [2.05, 4.69) is 19.9 Å². The van der Waals surface area contributed by atoms with Gasteiger partial charge in [-0.1, -0.05) is 0 Å². The maximum Gasteiger partial charge on any atom is 0.275 e. The highest BCUT2D eigenvalue weighted by atomic mass is 32.2. The fourth-order valence-corrected chi connectivity index (χ4v) is 3.60. The first kappa shape index (κ1) is 13.7. The van der Waals surface area contributed by atoms with Crippen molar-refractivity contribution in [1.29, 1.82) is 0 Å². The minimum absolute atomic E-state index is 0.151. The van der Waals surface area contributed by atoms with E-state index in [1.165, 1.54) is 6.33 Å². The van der Waals surface area contributed by atoms with E-state index in [-0.39, 0.29) is 5.56 Å². The van der Waals surface area contributed by atoms with Crippen LogP contribution in [0.1, 0.15) is 12.0 Å². The monoisotopic (exact) mass is 294 g/mol. The zero-order chi connectivity index (χ0) is 14.2. The molecular formula is C13H18N4O2S. The maximum absolute atomic E-state index is 11.6. The van der Waals surface area contributed by atoms with Gasteiger partial charge in [0, 0.05) is 37.1 Å². The van der Waals surface area contributed by atoms with Gasteiger partial charge in [-0.05, 0) is 12.7 Å². The van der Waals surface area contributed by atoms with Crippen LogP contribution in [0.5, 0.6) is 0 Å². The third-order valence-corrected chi connectivity index (χ3v) is 4.59. The van der Waals surface area contributed by atoms with Crippen molar-refractivity contribution in [3.63, 3.8) is 0 Å². The minimum Gasteiger partial charge on any atom is -0.388 e. The zero-order valence-electron chi connectivity index (χ0n) is 11.3. The Balaban J connectivity index is 1.78. The molecule has 6 nitrogen and oxygen atoms in total. The van der Waals surface area contributed by atoms with E-state index >= 15 is 0 Å². The van der Waals surface area contributed by atoms with Gasteiger partial charge in [0.25, 0.3) is 5.56 Å². The Morgan fingerprint density at radius 2 is 2.40 bits per heavy atom. The summed E-state index contributed by atoms with van der Waals surface area (Å²) in [6.45, 7) is 2.24. The first-order chi connectivity index (χ1) is 9.61. The van der Waals surface area contributed by atoms with Crippen LogP contribution in [0.25, 0.3) is 11.0 Å². The van der Waals surface area contributed by atoms with E-state index in [4.69, 9.17) is 0 Å². The zero-order valence-corrected chi connectivity index (χ0v) is 12.2. The average molecular weight is 294 g/mol. The Kier molecular flexibility index (Phi) is 3.57. The number of β-amino-alcohol motifs (C(OH)–C–C–N with tert-alkyl or cyclic N) is 1. The molecule has 1 saturated heterocycles. The summed E-state index contributed by atoms with van der Waals surface area (Å²) in [7, 11) is 0. The van der Waals surface area contributed by atoms with Crippen molar-refractivity contribution >= 4 is 22.8 Å². The third kappa shape index (κ3) is 2.48. The molecule has 108 valence electrons. The summed E-state index contributed by atoms with van der Waals surface area (Å²) in [5.74, 6) is 0.759. The molecule has 0 amide bonds. The second kappa shape index (κ2) is 5.23. The number of aromatic nitrogens is 3. The maximum atomic E-state index is 11.6. The Morgan fingerprint density at radius 3 is 3.20 bits per heavy atom. The Labute approximate surface area is 120 Å². The van der Waals surface area contributed by atoms with E-state index in [1.54, 1.807) is 11.8 Å². The normalized spacial score (nSPS) is 23.7. The lowest BCUT2D eigenvalue weighted by molar-refractivity contribution is 0.0729. The quantitative estimate of drug-likeness (QED) is 0.767. The van der Waals surface area contributed by atoms with Crippen molar-refractivity contribution in [3.05, 3.63) is 28.4 Å². The van der Waals surface area contributed by atoms with Crippen LogP contribution in [-0.4, -0.2) is 55.7 Å². The number of aromatic amines is 2. The lowest BCUT2D eigenvalue weighted by Crippen LogP contribution is -2.35. The molecule has 0 aromatic carbocycles. The number of fused-ring (bicyclic) bond motifs is 1. The highest BCUT2D eigenvalue weighted by Crippen LogP contribution is 2.26. The highest BCUT2D eigenvalue weighted by Gasteiger charge is 2.35. The minimum atomic E-state index is -0.587. The van der Waals surface area contributed by atoms with Crippen LogP contribution in [0.2, 0.25) is 0 Å². The van der Waals surface area contributed by atoms with Crippen molar-refractivity contribution in [1.82, 2.24) is 19.9 Å². The molecule has 7 heteroatoms. The lowest BCUT2D eigenvalue weighted by Gasteiger charge is -2.22. The van der Waals surface area contributed by atoms with Crippen LogP contribution in [-0.2, 0) is 6.54 Å². The molecule has 3 heterocycles. The predicted molar refractivity (Wildman–Crippen MR) is 79.9 cm³/mol. The molecule has 0 aliphatic carbocycles. The summed E-state index contributed by atoms with van der Waals surface area (Å²) in [5.41, 5.74) is 1.49. The fourth-order valence-electron chi connectivity index (χ4n) is 2.83. The van der Waals surface area contributed by atoms with Gasteiger partial charge in [0.2, 0.25) is 0 Å². The lowest BCUT2D eigenvalue weighted by atomic mass is 10.1. The number of hydrogen-bond donors (Lipinski definition) is 3. The molecule has 1 fully saturated rings. The molecule has 3 N–H and O–H groups in total. The van der Waals surface area contributed by atoms with Crippen molar-refractivity contribution in [3.8, 4) is 0 Å². The van der Waals surface area contributed by atoms with E-state index < -0.39 is 5.60 Å². The van der Waals surface area contributed by atoms with E-state index in [9.17, 15) is 9.90 Å². The number of hydrogen-bond acceptors (Lipinski definition) is 5. The number of thioether (sulfide) groups is 1. The van der Waals surface area contributed by atoms with Gasteiger partial charge in [-0.2, -0.15) is 11.8 Å². The van der Waals surface area contributed by atoms with E-state index in [1.807, 2.05) is 12.5 Å². The molecule has 0 spiro atoms. The van der Waals surface area contributed by atoms with Crippen LogP contribution in [0.15, 0.2) is 17.3 Å². The Morgan fingerprint density at radius 1 is 1.55 bits per heavy atom. The van der Waals surface area contributed by atoms with Crippen LogP contribution in [0.3, 0.4) is 0 Å². The average Bonchev–Trinajstić information content (AvgIpc) is 2.97. The van der Waals surface area contributed by atoms with Gasteiger partial charge in [0.05, 0.1) is 17.4 Å². The summed E-state index contributed by atoms with van der Waals surface area (Å²) in [5, 5.41) is 10.4. The fraction of sp³-hybridized carbons (Fsp3) is 0.538. The molecule has 2 aromatic heterocycles. The van der Waals surface area contributed by atoms with Gasteiger partial charge in [-0.3, -0.25) is 9.69 Å². The van der Waals surface area contributed by atoms with Crippen molar-refractivity contribution in [2.24, 2.45) is 0 Å². The predicted octanol–water partition coefficient (Wildman–Crippen LogP) is 0.551. The molecule has 1 atom stereocenters. The first-order valence-electron chi connectivity index (χ1n) is 6.59. The first-order valence-corrected chi connectivity index (χ1v) is 7.98. The summed E-state index contributed by atoms with van der Waals surface area (Å²) < 4.78 is 0. The molecule has 0 bridgehead atoms. The number of nitrogens with zero attached hydrogens (tertiary/aromatic N) is 2. The molecule has 1 aliphatic heterocycles. The van der Waals surface area contributed by atoms with Gasteiger partial charge in [-0.25, -0.2) is 4.98 Å². The van der Waals surface area contributed by atoms with Gasteiger partial charge in [0.15, 0.2) is 0 Å². The highest BCUT2D eigenvalue weighted by molar-refractivity contribution is 7.98. The van der Waals surface area contributed by atoms with Gasteiger partial charge >= 0.3 is 0 Å². The van der Waals surface area contributed by atoms with E-state index in [0.717, 1.165) is 24.3 Å². The Hall–Kier alpha value is -1.31. The molecule has 1 aliphatic rings. The van der Waals surface area contributed by atoms with Crippen molar-refractivity contribution in [2.45, 2.75) is 18.6 Å². The number of aliphatic hydroxyl groups is 1. The third-order valence-electron chi connectivity index (χ3n) is 3.77. The van der Waals surface area contributed by atoms with Crippen molar-refractivity contribution < 1.29 is 5.11 Å². The standard InChI is InChI=1S/C13H18N4O2S/c1-20-7-13(19)2-3-17(6-13)5-9-4-14-11-10(9)15-8-16-12(11)18/h4,8,14,19H,2-3,5-7H2,1H3,(H,15,16,18)/t13-/m0/s1. The van der Waals surface area contributed by atoms with Gasteiger partial charge in [0.1, 0.15) is 5.52 Å². The van der Waals surface area contributed by atoms with Gasteiger partial charge < -0.3 is 15.1 Å². The van der Waals surface area contributed by atoms with Gasteiger partial charge in [-0.15, -0.1) is 0 Å². The summed E-state index contributed by atoms with van der Waals surface area (Å²) >= 11 is 1.67. The SMILES string of the molecule is CSC[C@]1(O)CCN(Cc2c[nH]c3c(=O)[nH]cnc23)C1. The summed E-state index contributed by atoms with van der Waals surface area (Å²) in [6.07, 6.45) is 6.07. The smallest absolute Gasteiger partial charge is 0.275 e. The van der Waals surface area contributed by atoms with E-state index in [0.29, 0.717) is 24.1 Å². The van der Waals surface area contributed by atoms with Crippen LogP contribution in [0, 0.1) is 0 Å². The summed E-state index contributed by atoms with van der Waals surface area (Å²) in [6, 6.07) is 0. The summed E-state index contributed by atoms with van der Waals surface area (Å²) in [4.78, 5) is 23.6. The van der Waals surface area contributed by atoms with Crippen molar-refractivity contribution in [2.75, 3.05) is 25.1 Å². The second-order valence-electron chi connectivity index (χ2n) is 5.39. The number of rotatable bonds is 4. The number of H-pyrrole nitrogens is 2. The topological polar surface area (TPSA) is 85.0 Å². The van der Waals surface area contributed by atoms with Crippen LogP contribution < -0.4 is 5.56 Å². The second-order valence-corrected chi connectivity index (χ2v) is 6.25. The Bertz CT molecular complexity index is 668. The molecule has 0 unspecified atom stereocenters. The molecule has 0 radical (unpaired) electrons. The number of likely N-dealkylation sites (tertiary alicyclic amines) is 1. The molecule has 0 saturated carbocycles.